The molecule has 2 heterocycles. The van der Waals surface area contributed by atoms with Crippen LogP contribution in [0.3, 0.4) is 0 Å². The topological polar surface area (TPSA) is 102 Å². The maximum atomic E-state index is 12.1. The van der Waals surface area contributed by atoms with Gasteiger partial charge in [0.25, 0.3) is 11.6 Å². The first-order chi connectivity index (χ1) is 10.6. The van der Waals surface area contributed by atoms with Crippen LogP contribution in [0.1, 0.15) is 16.9 Å². The van der Waals surface area contributed by atoms with Crippen molar-refractivity contribution in [3.8, 4) is 5.69 Å². The molecule has 1 aliphatic heterocycles. The average molecular weight is 338 g/mol. The van der Waals surface area contributed by atoms with E-state index in [-0.39, 0.29) is 35.7 Å². The standard InChI is InChI=1S/C14H15N5O3.ClH/c20-14(16-10-5-7-15-9-10)11-6-8-18(17-11)12-3-1-2-4-13(12)19(21)22;/h1-4,6,8,10,15H,5,7,9H2,(H,16,20);1H. The van der Waals surface area contributed by atoms with E-state index in [9.17, 15) is 14.9 Å². The van der Waals surface area contributed by atoms with Gasteiger partial charge in [-0.05, 0) is 25.1 Å². The van der Waals surface area contributed by atoms with Gasteiger partial charge in [-0.1, -0.05) is 12.1 Å². The van der Waals surface area contributed by atoms with Gasteiger partial charge < -0.3 is 10.6 Å². The highest BCUT2D eigenvalue weighted by molar-refractivity contribution is 5.92. The van der Waals surface area contributed by atoms with Crippen molar-refractivity contribution in [1.29, 1.82) is 0 Å². The number of nitro groups is 1. The summed E-state index contributed by atoms with van der Waals surface area (Å²) in [6.07, 6.45) is 2.43. The number of carbonyl (C=O) groups excluding carboxylic acids is 1. The number of carbonyl (C=O) groups is 1. The van der Waals surface area contributed by atoms with Gasteiger partial charge in [-0.2, -0.15) is 5.10 Å². The molecule has 1 unspecified atom stereocenters. The van der Waals surface area contributed by atoms with Crippen molar-refractivity contribution in [2.75, 3.05) is 13.1 Å². The Morgan fingerprint density at radius 2 is 2.17 bits per heavy atom. The monoisotopic (exact) mass is 337 g/mol. The number of nitrogens with one attached hydrogen (secondary N) is 2. The molecular weight excluding hydrogens is 322 g/mol. The Hall–Kier alpha value is -2.45. The van der Waals surface area contributed by atoms with Crippen molar-refractivity contribution in [2.24, 2.45) is 0 Å². The molecule has 3 rings (SSSR count). The van der Waals surface area contributed by atoms with Crippen molar-refractivity contribution in [3.63, 3.8) is 0 Å². The van der Waals surface area contributed by atoms with Crippen LogP contribution in [0.25, 0.3) is 5.69 Å². The largest absolute Gasteiger partial charge is 0.347 e. The molecule has 0 radical (unpaired) electrons. The minimum Gasteiger partial charge on any atom is -0.347 e. The van der Waals surface area contributed by atoms with Crippen LogP contribution >= 0.6 is 12.4 Å². The molecular formula is C14H16ClN5O3. The molecule has 1 aromatic carbocycles. The molecule has 0 aliphatic carbocycles. The van der Waals surface area contributed by atoms with E-state index in [1.165, 1.54) is 10.7 Å². The van der Waals surface area contributed by atoms with Crippen molar-refractivity contribution in [3.05, 3.63) is 52.3 Å². The van der Waals surface area contributed by atoms with E-state index >= 15 is 0 Å². The summed E-state index contributed by atoms with van der Waals surface area (Å²) in [7, 11) is 0. The van der Waals surface area contributed by atoms with Crippen LogP contribution < -0.4 is 10.6 Å². The number of halogens is 1. The summed E-state index contributed by atoms with van der Waals surface area (Å²) in [4.78, 5) is 22.7. The van der Waals surface area contributed by atoms with E-state index in [1.807, 2.05) is 0 Å². The van der Waals surface area contributed by atoms with Crippen molar-refractivity contribution >= 4 is 24.0 Å². The Balaban J connectivity index is 0.00000192. The first-order valence-corrected chi connectivity index (χ1v) is 6.96. The molecule has 122 valence electrons. The van der Waals surface area contributed by atoms with Crippen molar-refractivity contribution in [1.82, 2.24) is 20.4 Å². The number of amides is 1. The Morgan fingerprint density at radius 1 is 1.39 bits per heavy atom. The molecule has 9 heteroatoms. The normalized spacial score (nSPS) is 16.6. The summed E-state index contributed by atoms with van der Waals surface area (Å²) < 4.78 is 1.35. The third kappa shape index (κ3) is 3.66. The van der Waals surface area contributed by atoms with Crippen LogP contribution in [0.15, 0.2) is 36.5 Å². The van der Waals surface area contributed by atoms with Crippen molar-refractivity contribution in [2.45, 2.75) is 12.5 Å². The van der Waals surface area contributed by atoms with Gasteiger partial charge in [0.2, 0.25) is 0 Å². The molecule has 1 atom stereocenters. The lowest BCUT2D eigenvalue weighted by Crippen LogP contribution is -2.36. The molecule has 23 heavy (non-hydrogen) atoms. The smallest absolute Gasteiger partial charge is 0.294 e. The third-order valence-electron chi connectivity index (χ3n) is 3.54. The Kier molecular flexibility index (Phi) is 5.30. The lowest BCUT2D eigenvalue weighted by molar-refractivity contribution is -0.384. The fourth-order valence-corrected chi connectivity index (χ4v) is 2.43. The third-order valence-corrected chi connectivity index (χ3v) is 3.54. The van der Waals surface area contributed by atoms with E-state index in [4.69, 9.17) is 0 Å². The highest BCUT2D eigenvalue weighted by Crippen LogP contribution is 2.21. The number of nitrogens with zero attached hydrogens (tertiary/aromatic N) is 3. The van der Waals surface area contributed by atoms with Gasteiger partial charge >= 0.3 is 0 Å². The number of hydrogen-bond donors (Lipinski definition) is 2. The molecule has 0 bridgehead atoms. The molecule has 1 amide bonds. The number of rotatable bonds is 4. The highest BCUT2D eigenvalue weighted by atomic mass is 35.5. The lowest BCUT2D eigenvalue weighted by atomic mass is 10.2. The van der Waals surface area contributed by atoms with Crippen LogP contribution in [-0.4, -0.2) is 39.7 Å². The van der Waals surface area contributed by atoms with Crippen LogP contribution in [0.2, 0.25) is 0 Å². The van der Waals surface area contributed by atoms with E-state index in [2.05, 4.69) is 15.7 Å². The summed E-state index contributed by atoms with van der Waals surface area (Å²) in [6.45, 7) is 1.63. The number of aromatic nitrogens is 2. The molecule has 0 saturated carbocycles. The average Bonchev–Trinajstić information content (AvgIpc) is 3.18. The second-order valence-corrected chi connectivity index (χ2v) is 5.05. The first kappa shape index (κ1) is 16.9. The van der Waals surface area contributed by atoms with Crippen LogP contribution in [-0.2, 0) is 0 Å². The molecule has 8 nitrogen and oxygen atoms in total. The van der Waals surface area contributed by atoms with Gasteiger partial charge in [-0.25, -0.2) is 4.68 Å². The van der Waals surface area contributed by atoms with Gasteiger partial charge in [-0.3, -0.25) is 14.9 Å². The molecule has 0 spiro atoms. The van der Waals surface area contributed by atoms with Gasteiger partial charge in [0.1, 0.15) is 5.69 Å². The minimum atomic E-state index is -0.471. The Morgan fingerprint density at radius 3 is 2.87 bits per heavy atom. The van der Waals surface area contributed by atoms with Crippen molar-refractivity contribution < 1.29 is 9.72 Å². The lowest BCUT2D eigenvalue weighted by Gasteiger charge is -2.09. The number of para-hydroxylation sites is 2. The Bertz CT molecular complexity index is 712. The first-order valence-electron chi connectivity index (χ1n) is 6.96. The van der Waals surface area contributed by atoms with Gasteiger partial charge in [0.15, 0.2) is 5.69 Å². The number of benzene rings is 1. The molecule has 1 fully saturated rings. The summed E-state index contributed by atoms with van der Waals surface area (Å²) in [5.41, 5.74) is 0.511. The van der Waals surface area contributed by atoms with Gasteiger partial charge in [-0.15, -0.1) is 12.4 Å². The SMILES string of the molecule is Cl.O=C(NC1CCNC1)c1ccn(-c2ccccc2[N+](=O)[O-])n1. The maximum Gasteiger partial charge on any atom is 0.294 e. The second-order valence-electron chi connectivity index (χ2n) is 5.05. The zero-order valence-corrected chi connectivity index (χ0v) is 13.0. The quantitative estimate of drug-likeness (QED) is 0.646. The predicted molar refractivity (Wildman–Crippen MR) is 86.2 cm³/mol. The molecule has 1 saturated heterocycles. The summed E-state index contributed by atoms with van der Waals surface area (Å²) >= 11 is 0. The van der Waals surface area contributed by atoms with Crippen LogP contribution in [0, 0.1) is 10.1 Å². The van der Waals surface area contributed by atoms with Gasteiger partial charge in [0, 0.05) is 24.8 Å². The van der Waals surface area contributed by atoms with Gasteiger partial charge in [0.05, 0.1) is 4.92 Å². The van der Waals surface area contributed by atoms with Crippen LogP contribution in [0.4, 0.5) is 5.69 Å². The van der Waals surface area contributed by atoms with E-state index in [0.717, 1.165) is 19.5 Å². The maximum absolute atomic E-state index is 12.1. The predicted octanol–water partition coefficient (Wildman–Crippen LogP) is 1.29. The minimum absolute atomic E-state index is 0. The summed E-state index contributed by atoms with van der Waals surface area (Å²) in [5, 5.41) is 21.2. The summed E-state index contributed by atoms with van der Waals surface area (Å²) in [5.74, 6) is -0.272. The fraction of sp³-hybridized carbons (Fsp3) is 0.286. The molecule has 2 N–H and O–H groups in total. The van der Waals surface area contributed by atoms with E-state index in [0.29, 0.717) is 5.69 Å². The molecule has 2 aromatic rings. The highest BCUT2D eigenvalue weighted by Gasteiger charge is 2.20. The summed E-state index contributed by atoms with van der Waals surface area (Å²) in [6, 6.07) is 7.92. The van der Waals surface area contributed by atoms with E-state index in [1.54, 1.807) is 30.5 Å². The second kappa shape index (κ2) is 7.21. The number of hydrogen-bond acceptors (Lipinski definition) is 5. The van der Waals surface area contributed by atoms with E-state index < -0.39 is 4.92 Å². The molecule has 1 aliphatic rings. The zero-order chi connectivity index (χ0) is 15.5. The molecule has 1 aromatic heterocycles. The fourth-order valence-electron chi connectivity index (χ4n) is 2.43. The zero-order valence-electron chi connectivity index (χ0n) is 12.1. The van der Waals surface area contributed by atoms with Crippen LogP contribution in [0.5, 0.6) is 0 Å². The number of nitro benzene ring substituents is 1. The Labute approximate surface area is 138 Å².